The number of carbonyl (C=O) groups excluding carboxylic acids is 3. The Balaban J connectivity index is 2.31. The number of ether oxygens (including phenoxy) is 1. The van der Waals surface area contributed by atoms with Crippen LogP contribution >= 0.6 is 11.3 Å². The maximum absolute atomic E-state index is 13.9. The van der Waals surface area contributed by atoms with E-state index in [0.29, 0.717) is 15.6 Å². The summed E-state index contributed by atoms with van der Waals surface area (Å²) in [6, 6.07) is 3.54. The number of carbonyl (C=O) groups is 3. The number of nitrogens with two attached hydrogens (primary N) is 1. The molecule has 8 heteroatoms. The summed E-state index contributed by atoms with van der Waals surface area (Å²) < 4.78 is 19.8. The quantitative estimate of drug-likeness (QED) is 0.827. The number of fused-ring (bicyclic) bond motifs is 1. The molecule has 1 atom stereocenters. The van der Waals surface area contributed by atoms with Gasteiger partial charge in [0.2, 0.25) is 0 Å². The largest absolute Gasteiger partial charge is 0.448 e. The molecular formula is C16H17FN2O4S. The Hall–Kier alpha value is -2.48. The van der Waals surface area contributed by atoms with Gasteiger partial charge >= 0.3 is 12.0 Å². The number of nitrogens with one attached hydrogen (secondary N) is 1. The van der Waals surface area contributed by atoms with Crippen molar-refractivity contribution in [1.29, 1.82) is 0 Å². The van der Waals surface area contributed by atoms with Crippen LogP contribution in [0.25, 0.3) is 10.1 Å². The lowest BCUT2D eigenvalue weighted by Gasteiger charge is -2.19. The van der Waals surface area contributed by atoms with Gasteiger partial charge in [0.25, 0.3) is 5.91 Å². The number of amides is 3. The lowest BCUT2D eigenvalue weighted by Crippen LogP contribution is -2.45. The predicted octanol–water partition coefficient (Wildman–Crippen LogP) is 2.73. The van der Waals surface area contributed by atoms with Crippen molar-refractivity contribution in [2.75, 3.05) is 0 Å². The zero-order valence-corrected chi connectivity index (χ0v) is 14.2. The maximum Gasteiger partial charge on any atom is 0.349 e. The van der Waals surface area contributed by atoms with Crippen molar-refractivity contribution in [3.63, 3.8) is 0 Å². The van der Waals surface area contributed by atoms with Crippen molar-refractivity contribution in [2.45, 2.75) is 26.9 Å². The van der Waals surface area contributed by atoms with Gasteiger partial charge in [-0.15, -0.1) is 11.3 Å². The minimum absolute atomic E-state index is 0.215. The molecule has 3 amide bonds. The van der Waals surface area contributed by atoms with Gasteiger partial charge in [-0.3, -0.25) is 10.1 Å². The fourth-order valence-corrected chi connectivity index (χ4v) is 3.41. The molecule has 0 aliphatic rings. The van der Waals surface area contributed by atoms with E-state index < -0.39 is 29.8 Å². The third-order valence-corrected chi connectivity index (χ3v) is 4.67. The Labute approximate surface area is 141 Å². The third kappa shape index (κ3) is 3.53. The minimum Gasteiger partial charge on any atom is -0.448 e. The van der Waals surface area contributed by atoms with Crippen molar-refractivity contribution in [2.24, 2.45) is 11.7 Å². The molecule has 6 nitrogen and oxygen atoms in total. The van der Waals surface area contributed by atoms with Crippen LogP contribution in [0.1, 0.15) is 29.1 Å². The van der Waals surface area contributed by atoms with Crippen LogP contribution in [-0.4, -0.2) is 24.0 Å². The van der Waals surface area contributed by atoms with Crippen molar-refractivity contribution in [1.82, 2.24) is 5.32 Å². The monoisotopic (exact) mass is 352 g/mol. The fourth-order valence-electron chi connectivity index (χ4n) is 2.30. The summed E-state index contributed by atoms with van der Waals surface area (Å²) in [5.41, 5.74) is 5.37. The van der Waals surface area contributed by atoms with E-state index in [2.05, 4.69) is 0 Å². The number of rotatable bonds is 4. The Morgan fingerprint density at radius 1 is 1.29 bits per heavy atom. The number of thiophene rings is 1. The number of imide groups is 1. The summed E-state index contributed by atoms with van der Waals surface area (Å²) >= 11 is 1.09. The van der Waals surface area contributed by atoms with Crippen molar-refractivity contribution in [3.05, 3.63) is 34.5 Å². The van der Waals surface area contributed by atoms with Crippen LogP contribution in [0.15, 0.2) is 18.2 Å². The van der Waals surface area contributed by atoms with Gasteiger partial charge in [0.15, 0.2) is 6.10 Å². The molecule has 0 fully saturated rings. The summed E-state index contributed by atoms with van der Waals surface area (Å²) in [4.78, 5) is 35.4. The molecule has 0 saturated heterocycles. The van der Waals surface area contributed by atoms with Gasteiger partial charge in [-0.1, -0.05) is 19.9 Å². The van der Waals surface area contributed by atoms with Crippen molar-refractivity contribution >= 4 is 39.3 Å². The fraction of sp³-hybridized carbons (Fsp3) is 0.312. The Bertz CT molecular complexity index is 816. The summed E-state index contributed by atoms with van der Waals surface area (Å²) in [5, 5.41) is 2.26. The number of benzene rings is 1. The average Bonchev–Trinajstić information content (AvgIpc) is 2.82. The molecule has 0 aliphatic carbocycles. The molecule has 1 heterocycles. The molecule has 0 radical (unpaired) electrons. The second-order valence-electron chi connectivity index (χ2n) is 5.59. The molecular weight excluding hydrogens is 335 g/mol. The van der Waals surface area contributed by atoms with Gasteiger partial charge in [-0.2, -0.15) is 0 Å². The molecule has 0 bridgehead atoms. The normalized spacial score (nSPS) is 12.2. The first-order valence-electron chi connectivity index (χ1n) is 7.21. The van der Waals surface area contributed by atoms with Gasteiger partial charge in [0, 0.05) is 10.1 Å². The van der Waals surface area contributed by atoms with E-state index in [1.54, 1.807) is 32.9 Å². The second kappa shape index (κ2) is 6.96. The number of halogens is 1. The van der Waals surface area contributed by atoms with Gasteiger partial charge in [-0.05, 0) is 30.5 Å². The number of hydrogen-bond donors (Lipinski definition) is 2. The minimum atomic E-state index is -1.18. The van der Waals surface area contributed by atoms with Crippen LogP contribution in [0.3, 0.4) is 0 Å². The average molecular weight is 352 g/mol. The first-order valence-corrected chi connectivity index (χ1v) is 8.03. The molecule has 2 rings (SSSR count). The number of primary amides is 1. The summed E-state index contributed by atoms with van der Waals surface area (Å²) in [6.07, 6.45) is -1.18. The van der Waals surface area contributed by atoms with E-state index in [0.717, 1.165) is 11.3 Å². The molecule has 0 saturated carbocycles. The molecule has 24 heavy (non-hydrogen) atoms. The highest BCUT2D eigenvalue weighted by Crippen LogP contribution is 2.33. The van der Waals surface area contributed by atoms with E-state index in [1.165, 1.54) is 6.07 Å². The highest BCUT2D eigenvalue weighted by Gasteiger charge is 2.29. The first kappa shape index (κ1) is 17.9. The van der Waals surface area contributed by atoms with Crippen LogP contribution in [0.2, 0.25) is 0 Å². The van der Waals surface area contributed by atoms with E-state index in [-0.39, 0.29) is 10.8 Å². The zero-order valence-electron chi connectivity index (χ0n) is 13.4. The zero-order chi connectivity index (χ0) is 18.0. The summed E-state index contributed by atoms with van der Waals surface area (Å²) in [7, 11) is 0. The highest BCUT2D eigenvalue weighted by atomic mass is 32.1. The highest BCUT2D eigenvalue weighted by molar-refractivity contribution is 7.21. The van der Waals surface area contributed by atoms with Gasteiger partial charge in [0.1, 0.15) is 10.7 Å². The SMILES string of the molecule is Cc1c(C(=O)O[C@H](C(=O)NC(N)=O)C(C)C)sc2cccc(F)c12. The van der Waals surface area contributed by atoms with Crippen LogP contribution < -0.4 is 11.1 Å². The Morgan fingerprint density at radius 2 is 1.96 bits per heavy atom. The Morgan fingerprint density at radius 3 is 2.50 bits per heavy atom. The van der Waals surface area contributed by atoms with Crippen molar-refractivity contribution in [3.8, 4) is 0 Å². The van der Waals surface area contributed by atoms with Crippen molar-refractivity contribution < 1.29 is 23.5 Å². The molecule has 2 aromatic rings. The van der Waals surface area contributed by atoms with Gasteiger partial charge in [-0.25, -0.2) is 14.0 Å². The smallest absolute Gasteiger partial charge is 0.349 e. The van der Waals surface area contributed by atoms with Crippen LogP contribution in [-0.2, 0) is 9.53 Å². The summed E-state index contributed by atoms with van der Waals surface area (Å²) in [6.45, 7) is 4.94. The van der Waals surface area contributed by atoms with Gasteiger partial charge < -0.3 is 10.5 Å². The molecule has 3 N–H and O–H groups in total. The Kier molecular flexibility index (Phi) is 5.18. The second-order valence-corrected chi connectivity index (χ2v) is 6.64. The number of esters is 1. The standard InChI is InChI=1S/C16H17FN2O4S/c1-7(2)12(14(20)19-16(18)22)23-15(21)13-8(3)11-9(17)5-4-6-10(11)24-13/h4-7,12H,1-3H3,(H3,18,19,20,22)/t12-/m0/s1. The molecule has 0 aliphatic heterocycles. The van der Waals surface area contributed by atoms with E-state index in [1.807, 2.05) is 5.32 Å². The predicted molar refractivity (Wildman–Crippen MR) is 88.3 cm³/mol. The number of aryl methyl sites for hydroxylation is 1. The van der Waals surface area contributed by atoms with Crippen LogP contribution in [0.5, 0.6) is 0 Å². The topological polar surface area (TPSA) is 98.5 Å². The van der Waals surface area contributed by atoms with E-state index >= 15 is 0 Å². The van der Waals surface area contributed by atoms with Crippen LogP contribution in [0.4, 0.5) is 9.18 Å². The van der Waals surface area contributed by atoms with E-state index in [4.69, 9.17) is 10.5 Å². The summed E-state index contributed by atoms with van der Waals surface area (Å²) in [5.74, 6) is -2.34. The lowest BCUT2D eigenvalue weighted by molar-refractivity contribution is -0.130. The maximum atomic E-state index is 13.9. The molecule has 1 aromatic heterocycles. The lowest BCUT2D eigenvalue weighted by atomic mass is 10.1. The van der Waals surface area contributed by atoms with E-state index in [9.17, 15) is 18.8 Å². The van der Waals surface area contributed by atoms with Crippen LogP contribution in [0, 0.1) is 18.7 Å². The molecule has 128 valence electrons. The van der Waals surface area contributed by atoms with Gasteiger partial charge in [0.05, 0.1) is 0 Å². The molecule has 1 aromatic carbocycles. The third-order valence-electron chi connectivity index (χ3n) is 3.43. The number of urea groups is 1. The molecule has 0 spiro atoms. The number of hydrogen-bond acceptors (Lipinski definition) is 5. The first-order chi connectivity index (χ1) is 11.2. The molecule has 0 unspecified atom stereocenters.